The van der Waals surface area contributed by atoms with E-state index in [0.717, 1.165) is 78.4 Å². The van der Waals surface area contributed by atoms with Crippen LogP contribution in [0.5, 0.6) is 0 Å². The van der Waals surface area contributed by atoms with Gasteiger partial charge in [-0.3, -0.25) is 0 Å². The largest absolute Gasteiger partial charge is 0.310 e. The van der Waals surface area contributed by atoms with E-state index < -0.39 is 0 Å². The van der Waals surface area contributed by atoms with Crippen LogP contribution in [0.1, 0.15) is 83.7 Å². The van der Waals surface area contributed by atoms with Crippen LogP contribution in [-0.2, 0) is 10.8 Å². The van der Waals surface area contributed by atoms with Crippen LogP contribution in [-0.4, -0.2) is 9.13 Å². The zero-order chi connectivity index (χ0) is 73.9. The first-order chi connectivity index (χ1) is 53.9. The van der Waals surface area contributed by atoms with Gasteiger partial charge < -0.3 is 14.0 Å². The molecule has 2 aliphatic rings. The van der Waals surface area contributed by atoms with Crippen molar-refractivity contribution in [2.45, 2.75) is 44.4 Å². The van der Waals surface area contributed by atoms with E-state index >= 15 is 0 Å². The van der Waals surface area contributed by atoms with Gasteiger partial charge >= 0.3 is 0 Å². The molecule has 2 aromatic heterocycles. The molecule has 20 rings (SSSR count). The fourth-order valence-electron chi connectivity index (χ4n) is 18.2. The van der Waals surface area contributed by atoms with Crippen LogP contribution < -0.4 is 4.90 Å². The van der Waals surface area contributed by atoms with E-state index in [-0.39, 0.29) is 16.7 Å². The predicted molar refractivity (Wildman–Crippen MR) is 466 cm³/mol. The van der Waals surface area contributed by atoms with Gasteiger partial charge in [0, 0.05) is 66.7 Å². The molecule has 0 aliphatic heterocycles. The van der Waals surface area contributed by atoms with Crippen molar-refractivity contribution >= 4 is 72.8 Å². The third-order valence-electron chi connectivity index (χ3n) is 24.0. The summed E-state index contributed by atoms with van der Waals surface area (Å²) in [6.07, 6.45) is 3.79. The molecule has 0 amide bonds. The lowest BCUT2D eigenvalue weighted by Crippen LogP contribution is -2.16. The van der Waals surface area contributed by atoms with Crippen LogP contribution >= 0.6 is 0 Å². The lowest BCUT2D eigenvalue weighted by atomic mass is 9.79. The van der Waals surface area contributed by atoms with Gasteiger partial charge in [0.1, 0.15) is 0 Å². The van der Waals surface area contributed by atoms with Crippen molar-refractivity contribution in [2.24, 2.45) is 0 Å². The second kappa shape index (κ2) is 26.1. The number of hydrogen-bond acceptors (Lipinski definition) is 1. The van der Waals surface area contributed by atoms with Gasteiger partial charge in [-0.05, 0) is 237 Å². The van der Waals surface area contributed by atoms with Crippen molar-refractivity contribution in [1.29, 1.82) is 0 Å². The SMILES string of the molecule is C=Cc1ccc(-c2ccc(C(c3ccc(-c4ccc5c(c4)c4cc(-c6ccc7c(c6)c6cc(-c8ccc(N(c9ccc(-c%10ccc(C=C)cc%10)cc9)c9ccc%10c(c9)C(C)(C)c9ccccc9-%10)cc8)ccc6n7-c6ccccc6)ccc4n5-c4ccccc4)cc3)c3ccc4c(c3)C(C)(C)c3ccccc3-4)cc2)cc1. The van der Waals surface area contributed by atoms with E-state index in [4.69, 9.17) is 0 Å². The quantitative estimate of drug-likeness (QED) is 0.0933. The molecule has 0 bridgehead atoms. The van der Waals surface area contributed by atoms with Gasteiger partial charge in [0.15, 0.2) is 0 Å². The predicted octanol–water partition coefficient (Wildman–Crippen LogP) is 28.8. The van der Waals surface area contributed by atoms with E-state index in [1.165, 1.54) is 122 Å². The van der Waals surface area contributed by atoms with Crippen molar-refractivity contribution in [1.82, 2.24) is 9.13 Å². The highest BCUT2D eigenvalue weighted by Gasteiger charge is 2.38. The number of aromatic nitrogens is 2. The summed E-state index contributed by atoms with van der Waals surface area (Å²) in [4.78, 5) is 2.41. The Labute approximate surface area is 643 Å². The molecule has 2 aliphatic carbocycles. The molecule has 1 unspecified atom stereocenters. The van der Waals surface area contributed by atoms with Crippen molar-refractivity contribution in [2.75, 3.05) is 4.90 Å². The lowest BCUT2D eigenvalue weighted by molar-refractivity contribution is 0.659. The van der Waals surface area contributed by atoms with Crippen LogP contribution in [0, 0.1) is 0 Å². The summed E-state index contributed by atoms with van der Waals surface area (Å²) in [7, 11) is 0. The number of anilines is 3. The topological polar surface area (TPSA) is 13.1 Å². The third-order valence-corrected chi connectivity index (χ3v) is 24.0. The molecule has 2 heterocycles. The minimum Gasteiger partial charge on any atom is -0.310 e. The Kier molecular flexibility index (Phi) is 15.6. The summed E-state index contributed by atoms with van der Waals surface area (Å²) in [5.41, 5.74) is 38.4. The molecule has 0 saturated carbocycles. The van der Waals surface area contributed by atoms with E-state index in [2.05, 4.69) is 419 Å². The maximum Gasteiger partial charge on any atom is 0.0541 e. The number of rotatable bonds is 15. The van der Waals surface area contributed by atoms with Gasteiger partial charge in [-0.25, -0.2) is 0 Å². The fourth-order valence-corrected chi connectivity index (χ4v) is 18.2. The van der Waals surface area contributed by atoms with Crippen molar-refractivity contribution in [3.63, 3.8) is 0 Å². The maximum absolute atomic E-state index is 3.99. The van der Waals surface area contributed by atoms with Gasteiger partial charge in [-0.1, -0.05) is 308 Å². The second-order valence-corrected chi connectivity index (χ2v) is 30.9. The van der Waals surface area contributed by atoms with E-state index in [9.17, 15) is 0 Å². The summed E-state index contributed by atoms with van der Waals surface area (Å²) >= 11 is 0. The average Bonchev–Trinajstić information content (AvgIpc) is 1.59. The average molecular weight is 1410 g/mol. The number of fused-ring (bicyclic) bond motifs is 12. The summed E-state index contributed by atoms with van der Waals surface area (Å²) in [6, 6.07) is 136. The van der Waals surface area contributed by atoms with Crippen LogP contribution in [0.15, 0.2) is 377 Å². The van der Waals surface area contributed by atoms with Crippen LogP contribution in [0.4, 0.5) is 17.1 Å². The van der Waals surface area contributed by atoms with Gasteiger partial charge in [0.05, 0.1) is 22.1 Å². The third kappa shape index (κ3) is 10.9. The first-order valence-corrected chi connectivity index (χ1v) is 38.4. The van der Waals surface area contributed by atoms with Gasteiger partial charge in [-0.15, -0.1) is 0 Å². The monoisotopic (exact) mass is 1410 g/mol. The molecule has 110 heavy (non-hydrogen) atoms. The van der Waals surface area contributed by atoms with Crippen molar-refractivity contribution < 1.29 is 0 Å². The molecule has 1 atom stereocenters. The highest BCUT2D eigenvalue weighted by atomic mass is 15.1. The number of para-hydroxylation sites is 2. The van der Waals surface area contributed by atoms with E-state index in [1.807, 2.05) is 12.2 Å². The molecule has 18 aromatic rings. The first kappa shape index (κ1) is 65.9. The highest BCUT2D eigenvalue weighted by molar-refractivity contribution is 6.14. The van der Waals surface area contributed by atoms with Crippen LogP contribution in [0.2, 0.25) is 0 Å². The molecular weight excluding hydrogens is 1330 g/mol. The Hall–Kier alpha value is -13.6. The number of nitrogens with zero attached hydrogens (tertiary/aromatic N) is 3. The zero-order valence-electron chi connectivity index (χ0n) is 62.1. The number of hydrogen-bond donors (Lipinski definition) is 0. The Morgan fingerprint density at radius 2 is 0.545 bits per heavy atom. The summed E-state index contributed by atoms with van der Waals surface area (Å²) < 4.78 is 4.86. The maximum atomic E-state index is 3.99. The summed E-state index contributed by atoms with van der Waals surface area (Å²) in [5, 5.41) is 4.81. The van der Waals surface area contributed by atoms with Gasteiger partial charge in [0.2, 0.25) is 0 Å². The normalized spacial score (nSPS) is 13.3. The van der Waals surface area contributed by atoms with Gasteiger partial charge in [-0.2, -0.15) is 0 Å². The van der Waals surface area contributed by atoms with E-state index in [1.54, 1.807) is 0 Å². The Morgan fingerprint density at radius 1 is 0.255 bits per heavy atom. The molecule has 0 spiro atoms. The Bertz CT molecular complexity index is 6260. The summed E-state index contributed by atoms with van der Waals surface area (Å²) in [6.45, 7) is 17.4. The molecule has 3 nitrogen and oxygen atoms in total. The van der Waals surface area contributed by atoms with Crippen molar-refractivity contribution in [3.05, 3.63) is 427 Å². The summed E-state index contributed by atoms with van der Waals surface area (Å²) in [5.74, 6) is 0.000339. The first-order valence-electron chi connectivity index (χ1n) is 38.4. The van der Waals surface area contributed by atoms with Gasteiger partial charge in [0.25, 0.3) is 0 Å². The molecular formula is C107H79N3. The number of benzene rings is 16. The molecule has 3 heteroatoms. The molecule has 16 aromatic carbocycles. The van der Waals surface area contributed by atoms with Crippen molar-refractivity contribution in [3.8, 4) is 89.3 Å². The van der Waals surface area contributed by atoms with E-state index in [0.29, 0.717) is 0 Å². The zero-order valence-corrected chi connectivity index (χ0v) is 62.1. The standard InChI is InChI=1S/C107H79N3/c1-7-69-27-31-71(32-28-69)73-35-39-77(40-36-73)105(83-47-57-91-89-23-15-17-25-97(89)106(3,4)99(91)67-83)78-41-37-75(38-42-78)79-48-59-101-93(63-79)95-65-81(50-61-103(95)109(101)84-19-11-9-12-20-84)82-51-62-104-96(66-82)94-64-80(49-60-102(94)110(104)85-21-13-10-14-22-85)76-45-54-87(55-46-76)108(86-52-43-74(44-53-86)72-33-29-70(8-2)30-34-72)88-56-58-92-90-24-16-18-26-98(90)107(5,6)100(92)68-88/h7-68,105H,1-2H2,3-6H3. The second-order valence-electron chi connectivity index (χ2n) is 30.9. The molecule has 0 saturated heterocycles. The van der Waals surface area contributed by atoms with Crippen LogP contribution in [0.3, 0.4) is 0 Å². The fraction of sp³-hybridized carbons (Fsp3) is 0.0654. The highest BCUT2D eigenvalue weighted by Crippen LogP contribution is 2.53. The Morgan fingerprint density at radius 3 is 0.936 bits per heavy atom. The molecule has 522 valence electrons. The minimum absolute atomic E-state index is 0.000339. The smallest absolute Gasteiger partial charge is 0.0541 e. The van der Waals surface area contributed by atoms with Crippen LogP contribution in [0.25, 0.3) is 145 Å². The Balaban J connectivity index is 0.666. The lowest BCUT2D eigenvalue weighted by Gasteiger charge is -2.28. The molecule has 0 N–H and O–H groups in total. The molecule has 0 radical (unpaired) electrons. The molecule has 0 fully saturated rings. The minimum atomic E-state index is -0.151.